The van der Waals surface area contributed by atoms with Crippen molar-refractivity contribution >= 4 is 11.5 Å². The number of allylic oxidation sites excluding steroid dienone is 2. The van der Waals surface area contributed by atoms with Crippen molar-refractivity contribution in [2.45, 2.75) is 18.4 Å². The van der Waals surface area contributed by atoms with Crippen LogP contribution in [0.5, 0.6) is 0 Å². The molecule has 88 valence electrons. The first-order valence-corrected chi connectivity index (χ1v) is 5.62. The summed E-state index contributed by atoms with van der Waals surface area (Å²) in [7, 11) is 0. The van der Waals surface area contributed by atoms with Crippen LogP contribution in [0, 0.1) is 0 Å². The van der Waals surface area contributed by atoms with Crippen LogP contribution in [0.25, 0.3) is 5.57 Å². The van der Waals surface area contributed by atoms with E-state index in [-0.39, 0.29) is 12.3 Å². The molecule has 4 N–H and O–H groups in total. The molecule has 0 aromatic heterocycles. The highest BCUT2D eigenvalue weighted by Gasteiger charge is 2.32. The van der Waals surface area contributed by atoms with Gasteiger partial charge < -0.3 is 11.5 Å². The Morgan fingerprint density at radius 2 is 2.00 bits per heavy atom. The zero-order valence-electron chi connectivity index (χ0n) is 9.60. The Hall–Kier alpha value is -1.87. The highest BCUT2D eigenvalue weighted by Crippen LogP contribution is 2.33. The van der Waals surface area contributed by atoms with Crippen molar-refractivity contribution in [3.8, 4) is 0 Å². The first kappa shape index (κ1) is 11.6. The maximum absolute atomic E-state index is 11.1. The highest BCUT2D eigenvalue weighted by molar-refractivity contribution is 5.84. The first-order chi connectivity index (χ1) is 8.12. The lowest BCUT2D eigenvalue weighted by atomic mass is 9.78. The molecule has 1 atom stereocenters. The summed E-state index contributed by atoms with van der Waals surface area (Å²) < 4.78 is 0. The van der Waals surface area contributed by atoms with Gasteiger partial charge in [-0.05, 0) is 17.6 Å². The van der Waals surface area contributed by atoms with Crippen LogP contribution in [0.2, 0.25) is 0 Å². The van der Waals surface area contributed by atoms with Crippen molar-refractivity contribution in [2.75, 3.05) is 0 Å². The predicted octanol–water partition coefficient (Wildman–Crippen LogP) is 1.60. The van der Waals surface area contributed by atoms with Crippen LogP contribution in [-0.2, 0) is 4.79 Å². The summed E-state index contributed by atoms with van der Waals surface area (Å²) in [5, 5.41) is 0. The number of carbonyl (C=O) groups is 1. The third kappa shape index (κ3) is 2.45. The van der Waals surface area contributed by atoms with Crippen LogP contribution >= 0.6 is 0 Å². The van der Waals surface area contributed by atoms with E-state index in [4.69, 9.17) is 11.5 Å². The molecule has 0 saturated heterocycles. The molecule has 0 bridgehead atoms. The molecular weight excluding hydrogens is 212 g/mol. The van der Waals surface area contributed by atoms with Gasteiger partial charge in [0.2, 0.25) is 5.91 Å². The quantitative estimate of drug-likeness (QED) is 0.825. The first-order valence-electron chi connectivity index (χ1n) is 5.62. The lowest BCUT2D eigenvalue weighted by molar-refractivity contribution is -0.118. The maximum Gasteiger partial charge on any atom is 0.219 e. The largest absolute Gasteiger partial charge is 0.370 e. The van der Waals surface area contributed by atoms with Crippen molar-refractivity contribution < 1.29 is 4.79 Å². The Labute approximate surface area is 101 Å². The van der Waals surface area contributed by atoms with Gasteiger partial charge in [0.15, 0.2) is 0 Å². The lowest BCUT2D eigenvalue weighted by Gasteiger charge is -2.32. The van der Waals surface area contributed by atoms with Gasteiger partial charge >= 0.3 is 0 Å². The number of nitrogens with two attached hydrogens (primary N) is 2. The van der Waals surface area contributed by atoms with E-state index in [2.05, 4.69) is 0 Å². The molecular formula is C14H16N2O. The van der Waals surface area contributed by atoms with Crippen molar-refractivity contribution in [1.82, 2.24) is 0 Å². The molecule has 1 aliphatic carbocycles. The summed E-state index contributed by atoms with van der Waals surface area (Å²) in [5.74, 6) is -0.371. The average molecular weight is 228 g/mol. The molecule has 1 aliphatic rings. The minimum Gasteiger partial charge on any atom is -0.370 e. The Morgan fingerprint density at radius 1 is 1.29 bits per heavy atom. The zero-order chi connectivity index (χ0) is 12.3. The van der Waals surface area contributed by atoms with Crippen LogP contribution < -0.4 is 11.5 Å². The van der Waals surface area contributed by atoms with E-state index >= 15 is 0 Å². The molecule has 17 heavy (non-hydrogen) atoms. The topological polar surface area (TPSA) is 69.1 Å². The molecule has 0 aliphatic heterocycles. The van der Waals surface area contributed by atoms with Crippen LogP contribution in [0.15, 0.2) is 48.6 Å². The summed E-state index contributed by atoms with van der Waals surface area (Å²) in [5.41, 5.74) is 12.9. The zero-order valence-corrected chi connectivity index (χ0v) is 9.60. The predicted molar refractivity (Wildman–Crippen MR) is 68.9 cm³/mol. The minimum atomic E-state index is -0.679. The summed E-state index contributed by atoms with van der Waals surface area (Å²) in [6.45, 7) is 0. The number of hydrogen-bond donors (Lipinski definition) is 2. The number of rotatable bonds is 3. The van der Waals surface area contributed by atoms with E-state index < -0.39 is 5.54 Å². The Morgan fingerprint density at radius 3 is 2.65 bits per heavy atom. The van der Waals surface area contributed by atoms with Crippen molar-refractivity contribution in [3.05, 3.63) is 54.1 Å². The summed E-state index contributed by atoms with van der Waals surface area (Å²) in [6.07, 6.45) is 6.69. The number of hydrogen-bond acceptors (Lipinski definition) is 2. The maximum atomic E-state index is 11.1. The molecule has 0 saturated carbocycles. The molecule has 0 radical (unpaired) electrons. The van der Waals surface area contributed by atoms with E-state index in [1.54, 1.807) is 0 Å². The average Bonchev–Trinajstić information content (AvgIpc) is 2.29. The molecule has 0 spiro atoms. The third-order valence-electron chi connectivity index (χ3n) is 2.99. The second-order valence-electron chi connectivity index (χ2n) is 4.38. The van der Waals surface area contributed by atoms with Gasteiger partial charge in [-0.2, -0.15) is 0 Å². The number of amides is 1. The monoisotopic (exact) mass is 228 g/mol. The molecule has 1 amide bonds. The SMILES string of the molecule is NC(=O)CC1(N)CC=CC=C1c1ccccc1. The van der Waals surface area contributed by atoms with E-state index in [0.717, 1.165) is 11.1 Å². The molecule has 1 aromatic carbocycles. The standard InChI is InChI=1S/C14H16N2O/c15-13(17)10-14(16)9-5-4-8-12(14)11-6-2-1-3-7-11/h1-8H,9-10,16H2,(H2,15,17). The van der Waals surface area contributed by atoms with Gasteiger partial charge in [0, 0.05) is 6.42 Å². The third-order valence-corrected chi connectivity index (χ3v) is 2.99. The minimum absolute atomic E-state index is 0.165. The molecule has 1 aromatic rings. The van der Waals surface area contributed by atoms with Crippen LogP contribution in [0.3, 0.4) is 0 Å². The molecule has 2 rings (SSSR count). The van der Waals surface area contributed by atoms with Gasteiger partial charge in [-0.25, -0.2) is 0 Å². The van der Waals surface area contributed by atoms with Gasteiger partial charge in [-0.3, -0.25) is 4.79 Å². The van der Waals surface area contributed by atoms with Crippen LogP contribution in [0.4, 0.5) is 0 Å². The Balaban J connectivity index is 2.38. The van der Waals surface area contributed by atoms with Gasteiger partial charge in [0.1, 0.15) is 0 Å². The smallest absolute Gasteiger partial charge is 0.219 e. The molecule has 1 unspecified atom stereocenters. The molecule has 3 nitrogen and oxygen atoms in total. The fourth-order valence-electron chi connectivity index (χ4n) is 2.20. The van der Waals surface area contributed by atoms with E-state index in [0.29, 0.717) is 6.42 Å². The molecule has 0 heterocycles. The van der Waals surface area contributed by atoms with Crippen molar-refractivity contribution in [1.29, 1.82) is 0 Å². The summed E-state index contributed by atoms with van der Waals surface area (Å²) in [4.78, 5) is 11.1. The Kier molecular flexibility index (Phi) is 3.11. The van der Waals surface area contributed by atoms with E-state index in [9.17, 15) is 4.79 Å². The van der Waals surface area contributed by atoms with Crippen molar-refractivity contribution in [3.63, 3.8) is 0 Å². The van der Waals surface area contributed by atoms with Crippen LogP contribution in [0.1, 0.15) is 18.4 Å². The molecule has 3 heteroatoms. The van der Waals surface area contributed by atoms with Gasteiger partial charge in [-0.15, -0.1) is 0 Å². The second kappa shape index (κ2) is 4.55. The second-order valence-corrected chi connectivity index (χ2v) is 4.38. The van der Waals surface area contributed by atoms with Crippen molar-refractivity contribution in [2.24, 2.45) is 11.5 Å². The fraction of sp³-hybridized carbons (Fsp3) is 0.214. The summed E-state index contributed by atoms with van der Waals surface area (Å²) in [6, 6.07) is 9.86. The fourth-order valence-corrected chi connectivity index (χ4v) is 2.20. The molecule has 0 fully saturated rings. The lowest BCUT2D eigenvalue weighted by Crippen LogP contribution is -2.45. The number of primary amides is 1. The van der Waals surface area contributed by atoms with Crippen LogP contribution in [-0.4, -0.2) is 11.4 Å². The van der Waals surface area contributed by atoms with E-state index in [1.807, 2.05) is 48.6 Å². The number of carbonyl (C=O) groups excluding carboxylic acids is 1. The van der Waals surface area contributed by atoms with Gasteiger partial charge in [0.25, 0.3) is 0 Å². The highest BCUT2D eigenvalue weighted by atomic mass is 16.1. The number of benzene rings is 1. The normalized spacial score (nSPS) is 23.2. The Bertz CT molecular complexity index is 476. The van der Waals surface area contributed by atoms with Gasteiger partial charge in [0.05, 0.1) is 5.54 Å². The van der Waals surface area contributed by atoms with E-state index in [1.165, 1.54) is 0 Å². The summed E-state index contributed by atoms with van der Waals surface area (Å²) >= 11 is 0. The van der Waals surface area contributed by atoms with Gasteiger partial charge in [-0.1, -0.05) is 48.6 Å².